The number of amides is 1. The molecular weight excluding hydrogens is 272 g/mol. The number of para-hydroxylation sites is 2. The number of thiophene rings is 1. The normalized spacial score (nSPS) is 9.80. The molecule has 0 saturated carbocycles. The summed E-state index contributed by atoms with van der Waals surface area (Å²) in [6.45, 7) is 2.00. The van der Waals surface area contributed by atoms with Crippen molar-refractivity contribution in [1.29, 1.82) is 5.26 Å². The Morgan fingerprint density at radius 1 is 1.35 bits per heavy atom. The molecule has 0 aliphatic rings. The SMILES string of the molecule is CCc1ccc(C(=O)Nc2ccccc2OCC#N)s1. The second-order valence-electron chi connectivity index (χ2n) is 4.02. The summed E-state index contributed by atoms with van der Waals surface area (Å²) in [5, 5.41) is 11.4. The number of benzene rings is 1. The topological polar surface area (TPSA) is 62.1 Å². The third kappa shape index (κ3) is 3.37. The molecule has 2 aromatic rings. The van der Waals surface area contributed by atoms with Gasteiger partial charge in [0.1, 0.15) is 11.8 Å². The van der Waals surface area contributed by atoms with E-state index < -0.39 is 0 Å². The highest BCUT2D eigenvalue weighted by molar-refractivity contribution is 7.14. The van der Waals surface area contributed by atoms with Crippen LogP contribution in [0.2, 0.25) is 0 Å². The maximum absolute atomic E-state index is 12.1. The Hall–Kier alpha value is -2.32. The zero-order chi connectivity index (χ0) is 14.4. The molecule has 0 bridgehead atoms. The monoisotopic (exact) mass is 286 g/mol. The van der Waals surface area contributed by atoms with Gasteiger partial charge in [0, 0.05) is 4.88 Å². The fourth-order valence-electron chi connectivity index (χ4n) is 1.68. The summed E-state index contributed by atoms with van der Waals surface area (Å²) in [5.74, 6) is 0.331. The first-order valence-electron chi connectivity index (χ1n) is 6.23. The molecule has 0 spiro atoms. The van der Waals surface area contributed by atoms with E-state index in [1.807, 2.05) is 18.2 Å². The number of nitriles is 1. The van der Waals surface area contributed by atoms with Crippen LogP contribution in [0.5, 0.6) is 5.75 Å². The van der Waals surface area contributed by atoms with Gasteiger partial charge in [0.05, 0.1) is 10.6 Å². The Morgan fingerprint density at radius 2 is 2.15 bits per heavy atom. The average molecular weight is 286 g/mol. The largest absolute Gasteiger partial charge is 0.477 e. The number of hydrogen-bond donors (Lipinski definition) is 1. The summed E-state index contributed by atoms with van der Waals surface area (Å²) in [7, 11) is 0. The number of carbonyl (C=O) groups is 1. The Bertz CT molecular complexity index is 643. The predicted molar refractivity (Wildman–Crippen MR) is 79.2 cm³/mol. The van der Waals surface area contributed by atoms with Gasteiger partial charge in [-0.3, -0.25) is 4.79 Å². The molecule has 4 nitrogen and oxygen atoms in total. The van der Waals surface area contributed by atoms with E-state index in [9.17, 15) is 4.79 Å². The molecule has 1 heterocycles. The third-order valence-corrected chi connectivity index (χ3v) is 3.89. The van der Waals surface area contributed by atoms with Gasteiger partial charge in [-0.15, -0.1) is 11.3 Å². The molecule has 1 N–H and O–H groups in total. The van der Waals surface area contributed by atoms with E-state index in [-0.39, 0.29) is 12.5 Å². The molecule has 20 heavy (non-hydrogen) atoms. The summed E-state index contributed by atoms with van der Waals surface area (Å²) >= 11 is 1.48. The van der Waals surface area contributed by atoms with Gasteiger partial charge in [-0.05, 0) is 30.7 Å². The summed E-state index contributed by atoms with van der Waals surface area (Å²) in [4.78, 5) is 14.0. The summed E-state index contributed by atoms with van der Waals surface area (Å²) in [6, 6.07) is 12.8. The zero-order valence-corrected chi connectivity index (χ0v) is 11.9. The quantitative estimate of drug-likeness (QED) is 0.915. The fourth-order valence-corrected chi connectivity index (χ4v) is 2.52. The van der Waals surface area contributed by atoms with Crippen molar-refractivity contribution in [2.24, 2.45) is 0 Å². The number of ether oxygens (including phenoxy) is 1. The van der Waals surface area contributed by atoms with E-state index in [1.54, 1.807) is 24.3 Å². The molecule has 0 aliphatic carbocycles. The van der Waals surface area contributed by atoms with Crippen LogP contribution >= 0.6 is 11.3 Å². The number of aryl methyl sites for hydroxylation is 1. The van der Waals surface area contributed by atoms with E-state index in [1.165, 1.54) is 16.2 Å². The van der Waals surface area contributed by atoms with Crippen molar-refractivity contribution in [2.75, 3.05) is 11.9 Å². The first kappa shape index (κ1) is 14.1. The standard InChI is InChI=1S/C15H14N2O2S/c1-2-11-7-8-14(20-11)15(18)17-12-5-3-4-6-13(12)19-10-9-16/h3-8H,2,10H2,1H3,(H,17,18). The molecule has 1 aromatic carbocycles. The van der Waals surface area contributed by atoms with Crippen LogP contribution in [0.4, 0.5) is 5.69 Å². The maximum atomic E-state index is 12.1. The predicted octanol–water partition coefficient (Wildman–Crippen LogP) is 3.47. The molecule has 0 atom stereocenters. The van der Waals surface area contributed by atoms with Gasteiger partial charge >= 0.3 is 0 Å². The Kier molecular flexibility index (Phi) is 4.75. The number of anilines is 1. The maximum Gasteiger partial charge on any atom is 0.265 e. The zero-order valence-electron chi connectivity index (χ0n) is 11.1. The van der Waals surface area contributed by atoms with E-state index in [2.05, 4.69) is 12.2 Å². The average Bonchev–Trinajstić information content (AvgIpc) is 2.95. The molecule has 0 fully saturated rings. The molecular formula is C15H14N2O2S. The van der Waals surface area contributed by atoms with Crippen LogP contribution in [0.1, 0.15) is 21.5 Å². The minimum atomic E-state index is -0.164. The van der Waals surface area contributed by atoms with Gasteiger partial charge in [0.25, 0.3) is 5.91 Å². The van der Waals surface area contributed by atoms with Crippen LogP contribution in [-0.2, 0) is 6.42 Å². The lowest BCUT2D eigenvalue weighted by atomic mass is 10.3. The van der Waals surface area contributed by atoms with E-state index in [0.717, 1.165) is 6.42 Å². The van der Waals surface area contributed by atoms with Crippen LogP contribution in [0.15, 0.2) is 36.4 Å². The minimum absolute atomic E-state index is 0.0497. The van der Waals surface area contributed by atoms with E-state index in [4.69, 9.17) is 10.00 Å². The molecule has 0 radical (unpaired) electrons. The van der Waals surface area contributed by atoms with E-state index in [0.29, 0.717) is 16.3 Å². The fraction of sp³-hybridized carbons (Fsp3) is 0.200. The molecule has 102 valence electrons. The number of rotatable bonds is 5. The van der Waals surface area contributed by atoms with Crippen molar-refractivity contribution in [3.05, 3.63) is 46.2 Å². The molecule has 1 amide bonds. The summed E-state index contributed by atoms with van der Waals surface area (Å²) in [5.41, 5.74) is 0.569. The lowest BCUT2D eigenvalue weighted by Crippen LogP contribution is -2.11. The highest BCUT2D eigenvalue weighted by Gasteiger charge is 2.11. The molecule has 2 rings (SSSR count). The molecule has 0 aliphatic heterocycles. The smallest absolute Gasteiger partial charge is 0.265 e. The first-order chi connectivity index (χ1) is 9.74. The van der Waals surface area contributed by atoms with Gasteiger partial charge in [-0.25, -0.2) is 0 Å². The second-order valence-corrected chi connectivity index (χ2v) is 5.18. The molecule has 1 aromatic heterocycles. The Morgan fingerprint density at radius 3 is 2.85 bits per heavy atom. The van der Waals surface area contributed by atoms with Crippen molar-refractivity contribution in [3.8, 4) is 11.8 Å². The van der Waals surface area contributed by atoms with Gasteiger partial charge in [0.15, 0.2) is 6.61 Å². The molecule has 0 saturated heterocycles. The number of nitrogens with zero attached hydrogens (tertiary/aromatic N) is 1. The third-order valence-electron chi connectivity index (χ3n) is 2.66. The van der Waals surface area contributed by atoms with Crippen LogP contribution in [0.3, 0.4) is 0 Å². The van der Waals surface area contributed by atoms with Crippen LogP contribution < -0.4 is 10.1 Å². The van der Waals surface area contributed by atoms with Crippen molar-refractivity contribution in [2.45, 2.75) is 13.3 Å². The van der Waals surface area contributed by atoms with Crippen molar-refractivity contribution >= 4 is 22.9 Å². The van der Waals surface area contributed by atoms with Crippen molar-refractivity contribution < 1.29 is 9.53 Å². The van der Waals surface area contributed by atoms with Crippen LogP contribution in [0, 0.1) is 11.3 Å². The lowest BCUT2D eigenvalue weighted by Gasteiger charge is -2.09. The minimum Gasteiger partial charge on any atom is -0.477 e. The van der Waals surface area contributed by atoms with Gasteiger partial charge in [0.2, 0.25) is 0 Å². The number of hydrogen-bond acceptors (Lipinski definition) is 4. The van der Waals surface area contributed by atoms with Crippen LogP contribution in [-0.4, -0.2) is 12.5 Å². The van der Waals surface area contributed by atoms with Gasteiger partial charge in [-0.2, -0.15) is 5.26 Å². The lowest BCUT2D eigenvalue weighted by molar-refractivity contribution is 0.103. The van der Waals surface area contributed by atoms with Crippen molar-refractivity contribution in [3.63, 3.8) is 0 Å². The van der Waals surface area contributed by atoms with E-state index >= 15 is 0 Å². The van der Waals surface area contributed by atoms with Crippen LogP contribution in [0.25, 0.3) is 0 Å². The second kappa shape index (κ2) is 6.73. The Balaban J connectivity index is 2.13. The molecule has 0 unspecified atom stereocenters. The summed E-state index contributed by atoms with van der Waals surface area (Å²) in [6.07, 6.45) is 0.916. The van der Waals surface area contributed by atoms with Crippen molar-refractivity contribution in [1.82, 2.24) is 0 Å². The van der Waals surface area contributed by atoms with Gasteiger partial charge < -0.3 is 10.1 Å². The highest BCUT2D eigenvalue weighted by atomic mass is 32.1. The first-order valence-corrected chi connectivity index (χ1v) is 7.05. The number of carbonyl (C=O) groups excluding carboxylic acids is 1. The highest BCUT2D eigenvalue weighted by Crippen LogP contribution is 2.25. The number of nitrogens with one attached hydrogen (secondary N) is 1. The Labute approximate surface area is 121 Å². The van der Waals surface area contributed by atoms with Gasteiger partial charge in [-0.1, -0.05) is 19.1 Å². The summed E-state index contributed by atoms with van der Waals surface area (Å²) < 4.78 is 5.28. The molecule has 5 heteroatoms.